The second-order valence-corrected chi connectivity index (χ2v) is 8.58. The molecule has 0 saturated carbocycles. The monoisotopic (exact) mass is 443 g/mol. The van der Waals surface area contributed by atoms with Crippen molar-refractivity contribution < 1.29 is 4.42 Å². The van der Waals surface area contributed by atoms with Crippen LogP contribution >= 0.6 is 0 Å². The lowest BCUT2D eigenvalue weighted by Crippen LogP contribution is -1.91. The van der Waals surface area contributed by atoms with E-state index in [1.807, 2.05) is 30.3 Å². The van der Waals surface area contributed by atoms with Crippen LogP contribution < -0.4 is 0 Å². The zero-order chi connectivity index (χ0) is 23.7. The van der Waals surface area contributed by atoms with Gasteiger partial charge >= 0.3 is 0 Å². The Bertz CT molecular complexity index is 2000. The molecule has 0 bridgehead atoms. The molecule has 0 aliphatic heterocycles. The predicted octanol–water partition coefficient (Wildman–Crippen LogP) is 9.03. The average Bonchev–Trinajstić information content (AvgIpc) is 3.44. The Morgan fingerprint density at radius 1 is 0.686 bits per heavy atom. The normalized spacial score (nSPS) is 11.3. The van der Waals surface area contributed by atoms with E-state index >= 15 is 0 Å². The number of hydrogen-bond acceptors (Lipinski definition) is 2. The van der Waals surface area contributed by atoms with Crippen molar-refractivity contribution in [1.82, 2.24) is 0 Å². The van der Waals surface area contributed by atoms with E-state index in [-0.39, 0.29) is 11.4 Å². The van der Waals surface area contributed by atoms with Gasteiger partial charge in [0.15, 0.2) is 11.4 Å². The Balaban J connectivity index is 1.78. The van der Waals surface area contributed by atoms with E-state index in [0.717, 1.165) is 54.9 Å². The van der Waals surface area contributed by atoms with Gasteiger partial charge in [0.2, 0.25) is 0 Å². The SMILES string of the molecule is [C-]#[N+]c1cc(C#N)c(-c2c3c(cc4oc5ccccc5c24)-c2cccc4cccc-3c24)c([N+]#[C-])c1. The average molecular weight is 443 g/mol. The quantitative estimate of drug-likeness (QED) is 0.238. The molecular weight excluding hydrogens is 430 g/mol. The van der Waals surface area contributed by atoms with Crippen LogP contribution in [0.15, 0.2) is 83.3 Å². The molecule has 0 spiro atoms. The lowest BCUT2D eigenvalue weighted by molar-refractivity contribution is 0.669. The molecule has 4 heteroatoms. The highest BCUT2D eigenvalue weighted by atomic mass is 16.3. The number of nitriles is 1. The number of para-hydroxylation sites is 1. The smallest absolute Gasteiger partial charge is 0.186 e. The van der Waals surface area contributed by atoms with Crippen molar-refractivity contribution in [2.24, 2.45) is 0 Å². The highest BCUT2D eigenvalue weighted by Crippen LogP contribution is 2.56. The molecule has 7 rings (SSSR count). The van der Waals surface area contributed by atoms with E-state index in [9.17, 15) is 5.26 Å². The molecule has 5 aromatic carbocycles. The fourth-order valence-corrected chi connectivity index (χ4v) is 5.52. The summed E-state index contributed by atoms with van der Waals surface area (Å²) in [5.41, 5.74) is 7.90. The van der Waals surface area contributed by atoms with Gasteiger partial charge in [0.05, 0.1) is 19.2 Å². The van der Waals surface area contributed by atoms with Crippen molar-refractivity contribution in [3.05, 3.63) is 107 Å². The van der Waals surface area contributed by atoms with E-state index in [1.54, 1.807) is 12.1 Å². The number of rotatable bonds is 1. The largest absolute Gasteiger partial charge is 0.456 e. The summed E-state index contributed by atoms with van der Waals surface area (Å²) < 4.78 is 6.32. The first kappa shape index (κ1) is 19.1. The molecule has 0 amide bonds. The van der Waals surface area contributed by atoms with Crippen molar-refractivity contribution in [2.75, 3.05) is 0 Å². The van der Waals surface area contributed by atoms with Gasteiger partial charge in [-0.25, -0.2) is 9.69 Å². The van der Waals surface area contributed by atoms with Crippen molar-refractivity contribution in [3.63, 3.8) is 0 Å². The van der Waals surface area contributed by atoms with Crippen molar-refractivity contribution in [2.45, 2.75) is 0 Å². The number of furan rings is 1. The summed E-state index contributed by atoms with van der Waals surface area (Å²) in [6.45, 7) is 15.4. The second-order valence-electron chi connectivity index (χ2n) is 8.58. The highest BCUT2D eigenvalue weighted by molar-refractivity contribution is 6.26. The van der Waals surface area contributed by atoms with Gasteiger partial charge in [-0.3, -0.25) is 0 Å². The third kappa shape index (κ3) is 2.42. The lowest BCUT2D eigenvalue weighted by atomic mass is 9.86. The van der Waals surface area contributed by atoms with Crippen LogP contribution in [-0.4, -0.2) is 0 Å². The van der Waals surface area contributed by atoms with Crippen LogP contribution in [0.4, 0.5) is 11.4 Å². The summed E-state index contributed by atoms with van der Waals surface area (Å²) in [4.78, 5) is 7.28. The number of hydrogen-bond donors (Lipinski definition) is 0. The Labute approximate surface area is 200 Å². The minimum atomic E-state index is 0.280. The van der Waals surface area contributed by atoms with Gasteiger partial charge in [0.1, 0.15) is 11.2 Å². The van der Waals surface area contributed by atoms with Crippen LogP contribution in [0.3, 0.4) is 0 Å². The topological polar surface area (TPSA) is 45.6 Å². The van der Waals surface area contributed by atoms with E-state index in [1.165, 1.54) is 0 Å². The zero-order valence-corrected chi connectivity index (χ0v) is 18.3. The molecular formula is C31H13N3O. The second kappa shape index (κ2) is 6.82. The molecule has 0 atom stereocenters. The molecule has 35 heavy (non-hydrogen) atoms. The number of benzene rings is 5. The van der Waals surface area contributed by atoms with Crippen LogP contribution in [0, 0.1) is 24.5 Å². The summed E-state index contributed by atoms with van der Waals surface area (Å²) in [7, 11) is 0. The molecule has 1 heterocycles. The number of nitrogens with zero attached hydrogens (tertiary/aromatic N) is 3. The predicted molar refractivity (Wildman–Crippen MR) is 138 cm³/mol. The lowest BCUT2D eigenvalue weighted by Gasteiger charge is -2.16. The summed E-state index contributed by atoms with van der Waals surface area (Å²) in [5.74, 6) is 0. The maximum Gasteiger partial charge on any atom is 0.186 e. The Morgan fingerprint density at radius 3 is 2.26 bits per heavy atom. The van der Waals surface area contributed by atoms with Gasteiger partial charge in [-0.15, -0.1) is 0 Å². The number of fused-ring (bicyclic) bond motifs is 6. The summed E-state index contributed by atoms with van der Waals surface area (Å²) >= 11 is 0. The van der Waals surface area contributed by atoms with Crippen molar-refractivity contribution >= 4 is 44.1 Å². The van der Waals surface area contributed by atoms with E-state index in [2.05, 4.69) is 52.2 Å². The van der Waals surface area contributed by atoms with Gasteiger partial charge < -0.3 is 4.42 Å². The highest BCUT2D eigenvalue weighted by Gasteiger charge is 2.30. The fraction of sp³-hybridized carbons (Fsp3) is 0. The first-order valence-electron chi connectivity index (χ1n) is 11.1. The van der Waals surface area contributed by atoms with Gasteiger partial charge in [-0.2, -0.15) is 5.26 Å². The fourth-order valence-electron chi connectivity index (χ4n) is 5.52. The molecule has 158 valence electrons. The maximum absolute atomic E-state index is 10.2. The van der Waals surface area contributed by atoms with E-state index in [0.29, 0.717) is 16.7 Å². The van der Waals surface area contributed by atoms with Crippen LogP contribution in [0.25, 0.3) is 75.8 Å². The van der Waals surface area contributed by atoms with Gasteiger partial charge in [-0.05, 0) is 56.8 Å². The molecule has 0 radical (unpaired) electrons. The summed E-state index contributed by atoms with van der Waals surface area (Å²) in [6.07, 6.45) is 0. The summed E-state index contributed by atoms with van der Waals surface area (Å²) in [6, 6.07) is 27.9. The zero-order valence-electron chi connectivity index (χ0n) is 18.3. The molecule has 6 aromatic rings. The van der Waals surface area contributed by atoms with Gasteiger partial charge in [0.25, 0.3) is 0 Å². The minimum absolute atomic E-state index is 0.280. The van der Waals surface area contributed by atoms with Crippen LogP contribution in [0.1, 0.15) is 5.56 Å². The van der Waals surface area contributed by atoms with Crippen LogP contribution in [-0.2, 0) is 0 Å². The van der Waals surface area contributed by atoms with Crippen molar-refractivity contribution in [1.29, 1.82) is 5.26 Å². The molecule has 1 aliphatic rings. The standard InChI is InChI=1S/C31H13N3O/c1-33-19-13-18(16-32)28(24(14-19)34-2)31-29-22-11-6-8-17-7-5-10-20(27(17)22)23(29)15-26-30(31)21-9-3-4-12-25(21)35-26/h3-15H. The minimum Gasteiger partial charge on any atom is -0.456 e. The third-order valence-corrected chi connectivity index (χ3v) is 6.85. The molecule has 0 N–H and O–H groups in total. The Hall–Kier alpha value is -5.37. The Morgan fingerprint density at radius 2 is 1.49 bits per heavy atom. The third-order valence-electron chi connectivity index (χ3n) is 6.85. The molecule has 0 fully saturated rings. The molecule has 4 nitrogen and oxygen atoms in total. The molecule has 1 aromatic heterocycles. The van der Waals surface area contributed by atoms with Crippen LogP contribution in [0.5, 0.6) is 0 Å². The first-order chi connectivity index (χ1) is 17.2. The first-order valence-corrected chi connectivity index (χ1v) is 11.1. The van der Waals surface area contributed by atoms with E-state index in [4.69, 9.17) is 17.6 Å². The van der Waals surface area contributed by atoms with E-state index < -0.39 is 0 Å². The summed E-state index contributed by atoms with van der Waals surface area (Å²) in [5, 5.41) is 14.2. The molecule has 0 unspecified atom stereocenters. The molecule has 1 aliphatic carbocycles. The van der Waals surface area contributed by atoms with Crippen molar-refractivity contribution in [3.8, 4) is 39.4 Å². The van der Waals surface area contributed by atoms with Gasteiger partial charge in [-0.1, -0.05) is 60.7 Å². The molecule has 0 saturated heterocycles. The Kier molecular flexibility index (Phi) is 3.73. The van der Waals surface area contributed by atoms with Gasteiger partial charge in [0, 0.05) is 21.9 Å². The van der Waals surface area contributed by atoms with Crippen LogP contribution in [0.2, 0.25) is 0 Å². The maximum atomic E-state index is 10.2.